The number of rotatable bonds is 6. The van der Waals surface area contributed by atoms with Gasteiger partial charge >= 0.3 is 5.97 Å². The van der Waals surface area contributed by atoms with E-state index in [0.717, 1.165) is 0 Å². The molecule has 2 rings (SSSR count). The molecule has 7 heteroatoms. The first kappa shape index (κ1) is 18.1. The highest BCUT2D eigenvalue weighted by atomic mass is 16.5. The predicted octanol–water partition coefficient (Wildman–Crippen LogP) is 1.80. The van der Waals surface area contributed by atoms with E-state index in [9.17, 15) is 9.59 Å². The van der Waals surface area contributed by atoms with Crippen LogP contribution in [0.4, 0.5) is 0 Å². The van der Waals surface area contributed by atoms with E-state index in [1.165, 1.54) is 0 Å². The Labute approximate surface area is 141 Å². The van der Waals surface area contributed by atoms with Crippen molar-refractivity contribution in [2.45, 2.75) is 32.9 Å². The standard InChI is InChI=1S/C17H23NO6/c1-4-23-15-7-13(5-6-14(15)24-10-16(19)20)17(21)18-11(2)8-22-9-12(18)3/h5-7,11-12H,4,8-10H2,1-3H3,(H,19,20)/t11-,12+. The minimum Gasteiger partial charge on any atom is -0.490 e. The fraction of sp³-hybridized carbons (Fsp3) is 0.529. The summed E-state index contributed by atoms with van der Waals surface area (Å²) in [6.07, 6.45) is 0. The molecule has 1 aromatic carbocycles. The Morgan fingerprint density at radius 3 is 2.46 bits per heavy atom. The van der Waals surface area contributed by atoms with Crippen LogP contribution in [-0.2, 0) is 9.53 Å². The van der Waals surface area contributed by atoms with Crippen molar-refractivity contribution in [2.24, 2.45) is 0 Å². The number of benzene rings is 1. The molecule has 0 aliphatic carbocycles. The molecule has 0 aromatic heterocycles. The van der Waals surface area contributed by atoms with Crippen molar-refractivity contribution in [1.29, 1.82) is 0 Å². The smallest absolute Gasteiger partial charge is 0.341 e. The van der Waals surface area contributed by atoms with Gasteiger partial charge in [-0.15, -0.1) is 0 Å². The number of hydrogen-bond donors (Lipinski definition) is 1. The molecule has 132 valence electrons. The maximum atomic E-state index is 12.8. The van der Waals surface area contributed by atoms with E-state index in [4.69, 9.17) is 19.3 Å². The number of carbonyl (C=O) groups is 2. The van der Waals surface area contributed by atoms with E-state index in [0.29, 0.717) is 36.9 Å². The van der Waals surface area contributed by atoms with Crippen molar-refractivity contribution < 1.29 is 28.9 Å². The third-order valence-electron chi connectivity index (χ3n) is 3.74. The molecule has 1 fully saturated rings. The molecule has 24 heavy (non-hydrogen) atoms. The van der Waals surface area contributed by atoms with Crippen molar-refractivity contribution in [3.63, 3.8) is 0 Å². The Hall–Kier alpha value is -2.28. The zero-order valence-corrected chi connectivity index (χ0v) is 14.2. The number of nitrogens with zero attached hydrogens (tertiary/aromatic N) is 1. The van der Waals surface area contributed by atoms with Crippen molar-refractivity contribution in [1.82, 2.24) is 4.90 Å². The summed E-state index contributed by atoms with van der Waals surface area (Å²) in [5.74, 6) is -0.519. The molecule has 0 saturated carbocycles. The average molecular weight is 337 g/mol. The lowest BCUT2D eigenvalue weighted by molar-refractivity contribution is -0.139. The SMILES string of the molecule is CCOc1cc(C(=O)N2[C@H](C)COC[C@@H]2C)ccc1OCC(=O)O. The Bertz CT molecular complexity index is 593. The van der Waals surface area contributed by atoms with Gasteiger partial charge in [0.25, 0.3) is 5.91 Å². The minimum atomic E-state index is -1.08. The summed E-state index contributed by atoms with van der Waals surface area (Å²) in [6.45, 7) is 6.63. The number of amides is 1. The van der Waals surface area contributed by atoms with Gasteiger partial charge in [-0.1, -0.05) is 0 Å². The molecule has 1 aromatic rings. The number of aliphatic carboxylic acids is 1. The van der Waals surface area contributed by atoms with Crippen LogP contribution in [0, 0.1) is 0 Å². The second-order valence-electron chi connectivity index (χ2n) is 5.72. The van der Waals surface area contributed by atoms with Gasteiger partial charge in [0, 0.05) is 5.56 Å². The molecule has 7 nitrogen and oxygen atoms in total. The fourth-order valence-corrected chi connectivity index (χ4v) is 2.72. The van der Waals surface area contributed by atoms with Gasteiger partial charge in [-0.2, -0.15) is 0 Å². The van der Waals surface area contributed by atoms with Crippen LogP contribution in [0.5, 0.6) is 11.5 Å². The third kappa shape index (κ3) is 4.17. The van der Waals surface area contributed by atoms with Crippen LogP contribution in [0.25, 0.3) is 0 Å². The number of carboxylic acids is 1. The van der Waals surface area contributed by atoms with Crippen LogP contribution in [-0.4, -0.2) is 60.4 Å². The highest BCUT2D eigenvalue weighted by Crippen LogP contribution is 2.30. The number of carboxylic acid groups (broad SMARTS) is 1. The number of ether oxygens (including phenoxy) is 3. The Kier molecular flexibility index (Phi) is 6.03. The first-order valence-electron chi connectivity index (χ1n) is 7.95. The summed E-state index contributed by atoms with van der Waals surface area (Å²) in [4.78, 5) is 25.3. The highest BCUT2D eigenvalue weighted by molar-refractivity contribution is 5.95. The van der Waals surface area contributed by atoms with Gasteiger partial charge < -0.3 is 24.2 Å². The minimum absolute atomic E-state index is 0.0141. The summed E-state index contributed by atoms with van der Waals surface area (Å²) in [5, 5.41) is 8.73. The summed E-state index contributed by atoms with van der Waals surface area (Å²) in [7, 11) is 0. The van der Waals surface area contributed by atoms with Gasteiger partial charge in [0.1, 0.15) is 0 Å². The highest BCUT2D eigenvalue weighted by Gasteiger charge is 2.30. The van der Waals surface area contributed by atoms with Gasteiger partial charge in [0.05, 0.1) is 31.9 Å². The molecule has 1 aliphatic heterocycles. The summed E-state index contributed by atoms with van der Waals surface area (Å²) < 4.78 is 16.1. The van der Waals surface area contributed by atoms with Crippen molar-refractivity contribution in [3.8, 4) is 11.5 Å². The van der Waals surface area contributed by atoms with Crippen LogP contribution in [0.1, 0.15) is 31.1 Å². The van der Waals surface area contributed by atoms with Crippen LogP contribution in [0.3, 0.4) is 0 Å². The van der Waals surface area contributed by atoms with E-state index in [1.807, 2.05) is 20.8 Å². The first-order valence-corrected chi connectivity index (χ1v) is 7.95. The van der Waals surface area contributed by atoms with Crippen molar-refractivity contribution >= 4 is 11.9 Å². The average Bonchev–Trinajstić information content (AvgIpc) is 2.53. The zero-order chi connectivity index (χ0) is 17.7. The Balaban J connectivity index is 2.24. The van der Waals surface area contributed by atoms with Gasteiger partial charge in [-0.25, -0.2) is 4.79 Å². The maximum absolute atomic E-state index is 12.8. The van der Waals surface area contributed by atoms with E-state index < -0.39 is 12.6 Å². The predicted molar refractivity (Wildman–Crippen MR) is 86.7 cm³/mol. The zero-order valence-electron chi connectivity index (χ0n) is 14.2. The van der Waals surface area contributed by atoms with Gasteiger partial charge in [-0.05, 0) is 39.0 Å². The van der Waals surface area contributed by atoms with E-state index in [2.05, 4.69) is 0 Å². The molecule has 0 spiro atoms. The largest absolute Gasteiger partial charge is 0.490 e. The van der Waals surface area contributed by atoms with Crippen LogP contribution in [0.15, 0.2) is 18.2 Å². The van der Waals surface area contributed by atoms with Gasteiger partial charge in [0.15, 0.2) is 18.1 Å². The number of hydrogen-bond acceptors (Lipinski definition) is 5. The molecule has 0 bridgehead atoms. The fourth-order valence-electron chi connectivity index (χ4n) is 2.72. The number of carbonyl (C=O) groups excluding carboxylic acids is 1. The molecular formula is C17H23NO6. The molecule has 0 radical (unpaired) electrons. The van der Waals surface area contributed by atoms with Crippen LogP contribution >= 0.6 is 0 Å². The summed E-state index contributed by atoms with van der Waals surface area (Å²) in [6, 6.07) is 4.76. The molecule has 2 atom stereocenters. The Morgan fingerprint density at radius 2 is 1.88 bits per heavy atom. The second-order valence-corrected chi connectivity index (χ2v) is 5.72. The lowest BCUT2D eigenvalue weighted by Crippen LogP contribution is -2.52. The van der Waals surface area contributed by atoms with Gasteiger partial charge in [0.2, 0.25) is 0 Å². The topological polar surface area (TPSA) is 85.3 Å². The first-order chi connectivity index (χ1) is 11.4. The molecule has 1 heterocycles. The summed E-state index contributed by atoms with van der Waals surface area (Å²) >= 11 is 0. The van der Waals surface area contributed by atoms with Crippen molar-refractivity contribution in [2.75, 3.05) is 26.4 Å². The lowest BCUT2D eigenvalue weighted by atomic mass is 10.1. The van der Waals surface area contributed by atoms with Crippen LogP contribution < -0.4 is 9.47 Å². The molecule has 1 N–H and O–H groups in total. The second kappa shape index (κ2) is 8.01. The van der Waals surface area contributed by atoms with E-state index in [1.54, 1.807) is 23.1 Å². The molecular weight excluding hydrogens is 314 g/mol. The Morgan fingerprint density at radius 1 is 1.21 bits per heavy atom. The maximum Gasteiger partial charge on any atom is 0.341 e. The van der Waals surface area contributed by atoms with Crippen LogP contribution in [0.2, 0.25) is 0 Å². The van der Waals surface area contributed by atoms with Crippen molar-refractivity contribution in [3.05, 3.63) is 23.8 Å². The normalized spacial score (nSPS) is 20.5. The monoisotopic (exact) mass is 337 g/mol. The molecule has 1 amide bonds. The number of morpholine rings is 1. The molecule has 1 saturated heterocycles. The molecule has 0 unspecified atom stereocenters. The lowest BCUT2D eigenvalue weighted by Gasteiger charge is -2.38. The van der Waals surface area contributed by atoms with Gasteiger partial charge in [-0.3, -0.25) is 4.79 Å². The quantitative estimate of drug-likeness (QED) is 0.852. The molecule has 1 aliphatic rings. The van der Waals surface area contributed by atoms with E-state index in [-0.39, 0.29) is 18.0 Å². The third-order valence-corrected chi connectivity index (χ3v) is 3.74. The van der Waals surface area contributed by atoms with E-state index >= 15 is 0 Å². The summed E-state index contributed by atoms with van der Waals surface area (Å²) in [5.41, 5.74) is 0.474.